The lowest BCUT2D eigenvalue weighted by Gasteiger charge is -2.13. The van der Waals surface area contributed by atoms with Crippen molar-refractivity contribution < 1.29 is 9.18 Å². The van der Waals surface area contributed by atoms with Gasteiger partial charge in [-0.2, -0.15) is 0 Å². The second kappa shape index (κ2) is 7.63. The lowest BCUT2D eigenvalue weighted by Crippen LogP contribution is -2.27. The Morgan fingerprint density at radius 2 is 2.00 bits per heavy atom. The molecule has 0 heterocycles. The van der Waals surface area contributed by atoms with Crippen LogP contribution in [0.1, 0.15) is 11.1 Å². The van der Waals surface area contributed by atoms with Gasteiger partial charge in [0.05, 0.1) is 0 Å². The van der Waals surface area contributed by atoms with E-state index in [1.165, 1.54) is 11.0 Å². The molecule has 2 aromatic carbocycles. The molecule has 4 heteroatoms. The third kappa shape index (κ3) is 4.61. The Balaban J connectivity index is 1.94. The van der Waals surface area contributed by atoms with E-state index in [0.29, 0.717) is 29.1 Å². The fraction of sp³-hybridized carbons (Fsp3) is 0.167. The molecule has 112 valence electrons. The summed E-state index contributed by atoms with van der Waals surface area (Å²) in [5.41, 5.74) is 1.27. The van der Waals surface area contributed by atoms with E-state index in [9.17, 15) is 9.18 Å². The number of halogens is 2. The average molecular weight is 316 g/mol. The quantitative estimate of drug-likeness (QED) is 0.793. The normalized spacial score (nSPS) is 9.77. The summed E-state index contributed by atoms with van der Waals surface area (Å²) < 4.78 is 13.5. The van der Waals surface area contributed by atoms with Crippen molar-refractivity contribution in [2.45, 2.75) is 6.42 Å². The molecule has 0 aliphatic heterocycles. The second-order valence-corrected chi connectivity index (χ2v) is 5.26. The molecule has 0 spiro atoms. The van der Waals surface area contributed by atoms with Gasteiger partial charge in [0.2, 0.25) is 0 Å². The van der Waals surface area contributed by atoms with Crippen molar-refractivity contribution in [1.82, 2.24) is 4.90 Å². The number of rotatable bonds is 3. The maximum Gasteiger partial charge on any atom is 0.298 e. The number of carbonyl (C=O) groups is 1. The molecular formula is C18H15ClFNO. The van der Waals surface area contributed by atoms with Gasteiger partial charge in [-0.3, -0.25) is 4.79 Å². The number of carbonyl (C=O) groups excluding carboxylic acids is 1. The molecule has 0 saturated carbocycles. The van der Waals surface area contributed by atoms with E-state index in [1.807, 2.05) is 0 Å². The van der Waals surface area contributed by atoms with E-state index < -0.39 is 0 Å². The largest absolute Gasteiger partial charge is 0.335 e. The summed E-state index contributed by atoms with van der Waals surface area (Å²) in [6, 6.07) is 13.5. The Hall–Kier alpha value is -2.31. The Morgan fingerprint density at radius 3 is 2.73 bits per heavy atom. The molecule has 2 aromatic rings. The molecule has 0 aliphatic rings. The SMILES string of the molecule is CN(CCc1ccccc1F)C(=O)C#Cc1cccc(Cl)c1. The van der Waals surface area contributed by atoms with Crippen molar-refractivity contribution in [2.75, 3.05) is 13.6 Å². The van der Waals surface area contributed by atoms with Gasteiger partial charge in [-0.15, -0.1) is 0 Å². The number of benzene rings is 2. The van der Waals surface area contributed by atoms with E-state index in [4.69, 9.17) is 11.6 Å². The number of amides is 1. The van der Waals surface area contributed by atoms with E-state index in [0.717, 1.165) is 0 Å². The lowest BCUT2D eigenvalue weighted by atomic mass is 10.1. The Morgan fingerprint density at radius 1 is 1.23 bits per heavy atom. The van der Waals surface area contributed by atoms with Crippen LogP contribution in [-0.4, -0.2) is 24.4 Å². The monoisotopic (exact) mass is 315 g/mol. The standard InChI is InChI=1S/C18H15ClFNO/c1-21(12-11-15-6-2-3-8-17(15)20)18(22)10-9-14-5-4-7-16(19)13-14/h2-8,13H,11-12H2,1H3. The first-order valence-electron chi connectivity index (χ1n) is 6.82. The summed E-state index contributed by atoms with van der Waals surface area (Å²) in [5, 5.41) is 0.576. The molecule has 0 N–H and O–H groups in total. The highest BCUT2D eigenvalue weighted by molar-refractivity contribution is 6.30. The number of hydrogen-bond donors (Lipinski definition) is 0. The summed E-state index contributed by atoms with van der Waals surface area (Å²) in [4.78, 5) is 13.4. The Labute approximate surface area is 134 Å². The van der Waals surface area contributed by atoms with Crippen LogP contribution in [0.25, 0.3) is 0 Å². The smallest absolute Gasteiger partial charge is 0.298 e. The van der Waals surface area contributed by atoms with E-state index in [1.54, 1.807) is 49.5 Å². The van der Waals surface area contributed by atoms with Gasteiger partial charge < -0.3 is 4.90 Å². The minimum atomic E-state index is -0.309. The van der Waals surface area contributed by atoms with E-state index in [-0.39, 0.29) is 11.7 Å². The number of likely N-dealkylation sites (N-methyl/N-ethyl adjacent to an activating group) is 1. The summed E-state index contributed by atoms with van der Waals surface area (Å²) in [5.74, 6) is 4.77. The third-order valence-electron chi connectivity index (χ3n) is 3.16. The maximum atomic E-state index is 13.5. The molecule has 0 aromatic heterocycles. The first-order chi connectivity index (χ1) is 10.6. The van der Waals surface area contributed by atoms with Gasteiger partial charge in [0.25, 0.3) is 5.91 Å². The van der Waals surface area contributed by atoms with E-state index >= 15 is 0 Å². The predicted molar refractivity (Wildman–Crippen MR) is 86.1 cm³/mol. The Kier molecular flexibility index (Phi) is 5.57. The van der Waals surface area contributed by atoms with Crippen LogP contribution in [0.5, 0.6) is 0 Å². The van der Waals surface area contributed by atoms with Crippen molar-refractivity contribution in [3.05, 3.63) is 70.5 Å². The summed E-state index contributed by atoms with van der Waals surface area (Å²) in [7, 11) is 1.65. The van der Waals surface area contributed by atoms with Crippen LogP contribution in [-0.2, 0) is 11.2 Å². The van der Waals surface area contributed by atoms with Crippen molar-refractivity contribution in [3.63, 3.8) is 0 Å². The maximum absolute atomic E-state index is 13.5. The predicted octanol–water partition coefficient (Wildman–Crippen LogP) is 3.53. The third-order valence-corrected chi connectivity index (χ3v) is 3.39. The summed E-state index contributed by atoms with van der Waals surface area (Å²) in [6.07, 6.45) is 0.452. The van der Waals surface area contributed by atoms with Crippen molar-refractivity contribution in [3.8, 4) is 11.8 Å². The summed E-state index contributed by atoms with van der Waals surface area (Å²) in [6.45, 7) is 0.407. The highest BCUT2D eigenvalue weighted by atomic mass is 35.5. The molecule has 2 nitrogen and oxygen atoms in total. The first-order valence-corrected chi connectivity index (χ1v) is 7.20. The molecule has 0 aliphatic carbocycles. The topological polar surface area (TPSA) is 20.3 Å². The van der Waals surface area contributed by atoms with Crippen molar-refractivity contribution >= 4 is 17.5 Å². The van der Waals surface area contributed by atoms with Gasteiger partial charge in [0.15, 0.2) is 0 Å². The number of nitrogens with zero attached hydrogens (tertiary/aromatic N) is 1. The molecule has 0 atom stereocenters. The van der Waals surface area contributed by atoms with Crippen LogP contribution in [0.4, 0.5) is 4.39 Å². The molecule has 0 fully saturated rings. The van der Waals surface area contributed by atoms with Crippen LogP contribution >= 0.6 is 11.6 Å². The molecule has 0 radical (unpaired) electrons. The minimum Gasteiger partial charge on any atom is -0.335 e. The molecule has 0 unspecified atom stereocenters. The lowest BCUT2D eigenvalue weighted by molar-refractivity contribution is -0.123. The fourth-order valence-electron chi connectivity index (χ4n) is 1.88. The van der Waals surface area contributed by atoms with Crippen LogP contribution in [0.3, 0.4) is 0 Å². The average Bonchev–Trinajstić information content (AvgIpc) is 2.51. The van der Waals surface area contributed by atoms with Crippen molar-refractivity contribution in [1.29, 1.82) is 0 Å². The molecular weight excluding hydrogens is 301 g/mol. The van der Waals surface area contributed by atoms with Gasteiger partial charge in [0.1, 0.15) is 5.82 Å². The highest BCUT2D eigenvalue weighted by Crippen LogP contribution is 2.09. The van der Waals surface area contributed by atoms with Gasteiger partial charge >= 0.3 is 0 Å². The van der Waals surface area contributed by atoms with Crippen LogP contribution in [0, 0.1) is 17.7 Å². The molecule has 0 saturated heterocycles. The molecule has 0 bridgehead atoms. The minimum absolute atomic E-state index is 0.256. The zero-order chi connectivity index (χ0) is 15.9. The molecule has 2 rings (SSSR count). The second-order valence-electron chi connectivity index (χ2n) is 4.83. The van der Waals surface area contributed by atoms with Crippen LogP contribution < -0.4 is 0 Å². The zero-order valence-corrected chi connectivity index (χ0v) is 12.9. The number of hydrogen-bond acceptors (Lipinski definition) is 1. The van der Waals surface area contributed by atoms with Gasteiger partial charge in [-0.05, 0) is 36.2 Å². The van der Waals surface area contributed by atoms with Gasteiger partial charge in [-0.25, -0.2) is 4.39 Å². The molecule has 1 amide bonds. The molecule has 22 heavy (non-hydrogen) atoms. The van der Waals surface area contributed by atoms with Gasteiger partial charge in [0, 0.05) is 30.1 Å². The van der Waals surface area contributed by atoms with Crippen LogP contribution in [0.15, 0.2) is 48.5 Å². The van der Waals surface area contributed by atoms with Crippen molar-refractivity contribution in [2.24, 2.45) is 0 Å². The first kappa shape index (κ1) is 16.1. The highest BCUT2D eigenvalue weighted by Gasteiger charge is 2.07. The Bertz CT molecular complexity index is 733. The van der Waals surface area contributed by atoms with E-state index in [2.05, 4.69) is 11.8 Å². The zero-order valence-electron chi connectivity index (χ0n) is 12.1. The summed E-state index contributed by atoms with van der Waals surface area (Å²) >= 11 is 5.86. The fourth-order valence-corrected chi connectivity index (χ4v) is 2.07. The van der Waals surface area contributed by atoms with Crippen LogP contribution in [0.2, 0.25) is 5.02 Å². The van der Waals surface area contributed by atoms with Gasteiger partial charge in [-0.1, -0.05) is 41.8 Å².